The molecule has 0 fully saturated rings. The lowest BCUT2D eigenvalue weighted by atomic mass is 9.98. The highest BCUT2D eigenvalue weighted by Gasteiger charge is 2.25. The molecule has 1 aromatic carbocycles. The normalized spacial score (nSPS) is 24.1. The van der Waals surface area contributed by atoms with Crippen LogP contribution in [-0.4, -0.2) is 5.60 Å². The fourth-order valence-electron chi connectivity index (χ4n) is 1.74. The van der Waals surface area contributed by atoms with Gasteiger partial charge in [0.05, 0.1) is 5.60 Å². The van der Waals surface area contributed by atoms with Crippen molar-refractivity contribution in [3.8, 4) is 0 Å². The number of hydrogen-bond acceptors (Lipinski definition) is 1. The Hall–Kier alpha value is -0.790. The van der Waals surface area contributed by atoms with E-state index in [0.717, 1.165) is 17.0 Å². The van der Waals surface area contributed by atoms with E-state index in [9.17, 15) is 0 Å². The summed E-state index contributed by atoms with van der Waals surface area (Å²) in [6.07, 6.45) is 5.32. The van der Waals surface area contributed by atoms with Crippen LogP contribution in [0.5, 0.6) is 0 Å². The minimum atomic E-state index is -0.0704. The van der Waals surface area contributed by atoms with Gasteiger partial charge in [-0.2, -0.15) is 0 Å². The second-order valence-electron chi connectivity index (χ2n) is 4.48. The van der Waals surface area contributed by atoms with Crippen LogP contribution in [0.4, 0.5) is 0 Å². The van der Waals surface area contributed by atoms with Crippen LogP contribution in [0, 0.1) is 0 Å². The van der Waals surface area contributed by atoms with Crippen molar-refractivity contribution in [1.29, 1.82) is 0 Å². The topological polar surface area (TPSA) is 9.23 Å². The van der Waals surface area contributed by atoms with Crippen molar-refractivity contribution in [3.05, 3.63) is 47.0 Å². The Labute approximate surface area is 95.7 Å². The Kier molecular flexibility index (Phi) is 2.85. The van der Waals surface area contributed by atoms with Crippen molar-refractivity contribution < 1.29 is 4.74 Å². The molecule has 80 valence electrons. The summed E-state index contributed by atoms with van der Waals surface area (Å²) in [4.78, 5) is 0. The molecule has 2 heteroatoms. The molecule has 1 aromatic rings. The average molecular weight is 223 g/mol. The van der Waals surface area contributed by atoms with Crippen LogP contribution in [0.25, 0.3) is 0 Å². The monoisotopic (exact) mass is 222 g/mol. The van der Waals surface area contributed by atoms with E-state index in [1.165, 1.54) is 0 Å². The molecular formula is C13H15ClO. The molecular weight excluding hydrogens is 208 g/mol. The first-order chi connectivity index (χ1) is 7.07. The maximum absolute atomic E-state index is 5.97. The van der Waals surface area contributed by atoms with Gasteiger partial charge in [0, 0.05) is 5.02 Å². The largest absolute Gasteiger partial charge is 0.363 e. The quantitative estimate of drug-likeness (QED) is 0.649. The molecule has 0 saturated heterocycles. The molecule has 1 unspecified atom stereocenters. The molecule has 0 aromatic heterocycles. The van der Waals surface area contributed by atoms with Crippen molar-refractivity contribution in [2.45, 2.75) is 32.0 Å². The highest BCUT2D eigenvalue weighted by atomic mass is 35.5. The SMILES string of the molecule is CC1(C)CC=CC(c2ccc(Cl)cc2)O1. The molecule has 1 heterocycles. The van der Waals surface area contributed by atoms with Gasteiger partial charge < -0.3 is 4.74 Å². The van der Waals surface area contributed by atoms with Gasteiger partial charge in [0.15, 0.2) is 0 Å². The molecule has 2 rings (SSSR count). The van der Waals surface area contributed by atoms with Crippen LogP contribution in [0.15, 0.2) is 36.4 Å². The van der Waals surface area contributed by atoms with Gasteiger partial charge in [-0.15, -0.1) is 0 Å². The van der Waals surface area contributed by atoms with Crippen molar-refractivity contribution in [1.82, 2.24) is 0 Å². The maximum Gasteiger partial charge on any atom is 0.101 e. The third-order valence-electron chi connectivity index (χ3n) is 2.56. The Bertz CT molecular complexity index is 365. The molecule has 1 aliphatic rings. The first kappa shape index (κ1) is 10.7. The second-order valence-corrected chi connectivity index (χ2v) is 4.92. The highest BCUT2D eigenvalue weighted by molar-refractivity contribution is 6.30. The summed E-state index contributed by atoms with van der Waals surface area (Å²) < 4.78 is 5.97. The van der Waals surface area contributed by atoms with Gasteiger partial charge in [-0.05, 0) is 38.0 Å². The summed E-state index contributed by atoms with van der Waals surface area (Å²) in [6.45, 7) is 4.22. The van der Waals surface area contributed by atoms with Crippen LogP contribution in [0.1, 0.15) is 31.9 Å². The van der Waals surface area contributed by atoms with Gasteiger partial charge in [0.1, 0.15) is 6.10 Å². The lowest BCUT2D eigenvalue weighted by molar-refractivity contribution is -0.0588. The highest BCUT2D eigenvalue weighted by Crippen LogP contribution is 2.32. The zero-order valence-corrected chi connectivity index (χ0v) is 9.79. The summed E-state index contributed by atoms with van der Waals surface area (Å²) in [6, 6.07) is 7.82. The van der Waals surface area contributed by atoms with Gasteiger partial charge in [0.2, 0.25) is 0 Å². The molecule has 0 bridgehead atoms. The van der Waals surface area contributed by atoms with Crippen LogP contribution in [0.2, 0.25) is 5.02 Å². The van der Waals surface area contributed by atoms with E-state index >= 15 is 0 Å². The van der Waals surface area contributed by atoms with Crippen molar-refractivity contribution in [2.75, 3.05) is 0 Å². The van der Waals surface area contributed by atoms with Crippen LogP contribution < -0.4 is 0 Å². The van der Waals surface area contributed by atoms with E-state index in [4.69, 9.17) is 16.3 Å². The molecule has 0 amide bonds. The minimum Gasteiger partial charge on any atom is -0.363 e. The first-order valence-electron chi connectivity index (χ1n) is 5.17. The lowest BCUT2D eigenvalue weighted by Gasteiger charge is -2.32. The Morgan fingerprint density at radius 3 is 2.53 bits per heavy atom. The third kappa shape index (κ3) is 2.61. The zero-order valence-electron chi connectivity index (χ0n) is 9.03. The standard InChI is InChI=1S/C13H15ClO/c1-13(2)9-3-4-12(15-13)10-5-7-11(14)8-6-10/h3-8,12H,9H2,1-2H3. The van der Waals surface area contributed by atoms with Crippen LogP contribution in [0.3, 0.4) is 0 Å². The Morgan fingerprint density at radius 2 is 1.93 bits per heavy atom. The average Bonchev–Trinajstić information content (AvgIpc) is 2.17. The predicted molar refractivity (Wildman–Crippen MR) is 63.1 cm³/mol. The molecule has 0 aliphatic carbocycles. The van der Waals surface area contributed by atoms with E-state index in [0.29, 0.717) is 0 Å². The Balaban J connectivity index is 2.21. The molecule has 0 spiro atoms. The summed E-state index contributed by atoms with van der Waals surface area (Å²) in [5.74, 6) is 0. The predicted octanol–water partition coefficient (Wildman–Crippen LogP) is 4.14. The fourth-order valence-corrected chi connectivity index (χ4v) is 1.86. The smallest absolute Gasteiger partial charge is 0.101 e. The fraction of sp³-hybridized carbons (Fsp3) is 0.385. The van der Waals surface area contributed by atoms with Crippen molar-refractivity contribution in [2.24, 2.45) is 0 Å². The van der Waals surface area contributed by atoms with Gasteiger partial charge >= 0.3 is 0 Å². The van der Waals surface area contributed by atoms with E-state index in [2.05, 4.69) is 26.0 Å². The molecule has 0 N–H and O–H groups in total. The number of benzene rings is 1. The van der Waals surface area contributed by atoms with E-state index in [1.807, 2.05) is 24.3 Å². The number of halogens is 1. The summed E-state index contributed by atoms with van der Waals surface area (Å²) >= 11 is 5.85. The molecule has 1 atom stereocenters. The first-order valence-corrected chi connectivity index (χ1v) is 5.55. The molecule has 0 saturated carbocycles. The molecule has 1 aliphatic heterocycles. The number of ether oxygens (including phenoxy) is 1. The van der Waals surface area contributed by atoms with Crippen molar-refractivity contribution in [3.63, 3.8) is 0 Å². The summed E-state index contributed by atoms with van der Waals surface area (Å²) in [7, 11) is 0. The number of rotatable bonds is 1. The maximum atomic E-state index is 5.97. The summed E-state index contributed by atoms with van der Waals surface area (Å²) in [5.41, 5.74) is 1.09. The van der Waals surface area contributed by atoms with Crippen LogP contribution >= 0.6 is 11.6 Å². The lowest BCUT2D eigenvalue weighted by Crippen LogP contribution is -2.28. The van der Waals surface area contributed by atoms with Crippen LogP contribution in [-0.2, 0) is 4.74 Å². The van der Waals surface area contributed by atoms with E-state index in [-0.39, 0.29) is 11.7 Å². The minimum absolute atomic E-state index is 0.0611. The van der Waals surface area contributed by atoms with E-state index in [1.54, 1.807) is 0 Å². The summed E-state index contributed by atoms with van der Waals surface area (Å²) in [5, 5.41) is 0.762. The van der Waals surface area contributed by atoms with Gasteiger partial charge in [-0.1, -0.05) is 35.9 Å². The zero-order chi connectivity index (χ0) is 10.9. The third-order valence-corrected chi connectivity index (χ3v) is 2.82. The Morgan fingerprint density at radius 1 is 1.27 bits per heavy atom. The van der Waals surface area contributed by atoms with Crippen molar-refractivity contribution >= 4 is 11.6 Å². The second kappa shape index (κ2) is 3.99. The molecule has 15 heavy (non-hydrogen) atoms. The number of hydrogen-bond donors (Lipinski definition) is 0. The molecule has 1 nitrogen and oxygen atoms in total. The van der Waals surface area contributed by atoms with Gasteiger partial charge in [-0.3, -0.25) is 0 Å². The van der Waals surface area contributed by atoms with E-state index < -0.39 is 0 Å². The molecule has 0 radical (unpaired) electrons. The van der Waals surface area contributed by atoms with Gasteiger partial charge in [0.25, 0.3) is 0 Å². The van der Waals surface area contributed by atoms with Gasteiger partial charge in [-0.25, -0.2) is 0 Å².